The fraction of sp³-hybridized carbons (Fsp3) is 0. The summed E-state index contributed by atoms with van der Waals surface area (Å²) in [5.41, 5.74) is 1.73. The van der Waals surface area contributed by atoms with E-state index in [1.807, 2.05) is 36.4 Å². The zero-order valence-corrected chi connectivity index (χ0v) is 16.6. The quantitative estimate of drug-likeness (QED) is 0.378. The third-order valence-electron chi connectivity index (χ3n) is 3.22. The Kier molecular flexibility index (Phi) is 5.86. The molecule has 1 N–H and O–H groups in total. The molecule has 25 heavy (non-hydrogen) atoms. The molecule has 0 aliphatic heterocycles. The molecule has 0 radical (unpaired) electrons. The predicted molar refractivity (Wildman–Crippen MR) is 110 cm³/mol. The lowest BCUT2D eigenvalue weighted by Gasteiger charge is -2.03. The maximum atomic E-state index is 6.26. The normalized spacial score (nSPS) is 12.0. The van der Waals surface area contributed by atoms with Crippen molar-refractivity contribution in [3.05, 3.63) is 73.4 Å². The summed E-state index contributed by atoms with van der Waals surface area (Å²) in [5.74, 6) is 0.503. The first-order valence-electron chi connectivity index (χ1n) is 7.14. The van der Waals surface area contributed by atoms with Crippen LogP contribution in [0.3, 0.4) is 0 Å². The summed E-state index contributed by atoms with van der Waals surface area (Å²) >= 11 is 20.9. The zero-order chi connectivity index (χ0) is 17.8. The second kappa shape index (κ2) is 8.10. The number of hydrogen-bond donors (Lipinski definition) is 1. The second-order valence-electron chi connectivity index (χ2n) is 4.97. The molecule has 8 heteroatoms. The van der Waals surface area contributed by atoms with Crippen molar-refractivity contribution in [3.63, 3.8) is 0 Å². The molecular formula is C17H11BrCl2N4S. The largest absolute Gasteiger partial charge is 0.250 e. The Morgan fingerprint density at radius 2 is 1.96 bits per heavy atom. The molecule has 0 saturated heterocycles. The van der Waals surface area contributed by atoms with Gasteiger partial charge in [-0.1, -0.05) is 53.5 Å². The van der Waals surface area contributed by atoms with Gasteiger partial charge < -0.3 is 0 Å². The Balaban J connectivity index is 1.95. The van der Waals surface area contributed by atoms with Crippen LogP contribution in [-0.2, 0) is 0 Å². The number of aromatic amines is 1. The van der Waals surface area contributed by atoms with E-state index in [1.54, 1.807) is 24.4 Å². The molecular weight excluding hydrogens is 443 g/mol. The number of aromatic nitrogens is 3. The molecule has 0 unspecified atom stereocenters. The summed E-state index contributed by atoms with van der Waals surface area (Å²) < 4.78 is 2.65. The van der Waals surface area contributed by atoms with Crippen LogP contribution in [0.1, 0.15) is 5.56 Å². The van der Waals surface area contributed by atoms with Crippen LogP contribution in [0, 0.1) is 4.77 Å². The van der Waals surface area contributed by atoms with Gasteiger partial charge in [-0.3, -0.25) is 0 Å². The minimum absolute atomic E-state index is 0.359. The molecule has 0 aliphatic rings. The lowest BCUT2D eigenvalue weighted by molar-refractivity contribution is 0.872. The van der Waals surface area contributed by atoms with E-state index in [4.69, 9.17) is 35.4 Å². The van der Waals surface area contributed by atoms with Crippen molar-refractivity contribution >= 4 is 63.6 Å². The topological polar surface area (TPSA) is 46.0 Å². The van der Waals surface area contributed by atoms with Crippen LogP contribution in [0.5, 0.6) is 0 Å². The van der Waals surface area contributed by atoms with Crippen molar-refractivity contribution in [2.75, 3.05) is 0 Å². The SMILES string of the molecule is S=c1[nH]nc(-c2ccc(Cl)cc2Cl)n1/N=C/C(Br)=C/c1ccccc1. The van der Waals surface area contributed by atoms with Gasteiger partial charge in [0.05, 0.1) is 11.2 Å². The van der Waals surface area contributed by atoms with E-state index in [-0.39, 0.29) is 0 Å². The standard InChI is InChI=1S/C17H11BrCl2N4S/c18-12(8-11-4-2-1-3-5-11)10-21-24-16(22-23-17(24)25)14-7-6-13(19)9-15(14)20/h1-10H,(H,23,25)/b12-8-,21-10+. The van der Waals surface area contributed by atoms with E-state index in [1.165, 1.54) is 4.68 Å². The van der Waals surface area contributed by atoms with Crippen LogP contribution in [0.15, 0.2) is 58.1 Å². The molecule has 0 bridgehead atoms. The second-order valence-corrected chi connectivity index (χ2v) is 7.12. The van der Waals surface area contributed by atoms with Gasteiger partial charge in [0.2, 0.25) is 4.77 Å². The number of hydrogen-bond acceptors (Lipinski definition) is 3. The number of rotatable bonds is 4. The van der Waals surface area contributed by atoms with Gasteiger partial charge in [-0.2, -0.15) is 14.9 Å². The smallest absolute Gasteiger partial charge is 0.216 e. The summed E-state index contributed by atoms with van der Waals surface area (Å²) in [5, 5.41) is 12.3. The molecule has 0 fully saturated rings. The van der Waals surface area contributed by atoms with E-state index in [2.05, 4.69) is 31.2 Å². The fourth-order valence-corrected chi connectivity index (χ4v) is 3.13. The first-order valence-corrected chi connectivity index (χ1v) is 9.10. The molecule has 0 spiro atoms. The van der Waals surface area contributed by atoms with E-state index >= 15 is 0 Å². The number of nitrogens with zero attached hydrogens (tertiary/aromatic N) is 3. The van der Waals surface area contributed by atoms with E-state index < -0.39 is 0 Å². The van der Waals surface area contributed by atoms with Gasteiger partial charge in [0.1, 0.15) is 0 Å². The van der Waals surface area contributed by atoms with Gasteiger partial charge in [-0.25, -0.2) is 5.10 Å². The highest BCUT2D eigenvalue weighted by atomic mass is 79.9. The average Bonchev–Trinajstić information content (AvgIpc) is 2.94. The van der Waals surface area contributed by atoms with Gasteiger partial charge in [0.15, 0.2) is 5.82 Å². The van der Waals surface area contributed by atoms with Crippen LogP contribution >= 0.6 is 51.3 Å². The molecule has 1 heterocycles. The molecule has 0 atom stereocenters. The summed E-state index contributed by atoms with van der Waals surface area (Å²) in [7, 11) is 0. The monoisotopic (exact) mass is 452 g/mol. The van der Waals surface area contributed by atoms with E-state index in [0.717, 1.165) is 10.0 Å². The van der Waals surface area contributed by atoms with Gasteiger partial charge in [0, 0.05) is 15.1 Å². The molecule has 0 amide bonds. The van der Waals surface area contributed by atoms with Crippen LogP contribution in [0.25, 0.3) is 17.5 Å². The summed E-state index contributed by atoms with van der Waals surface area (Å²) in [6.07, 6.45) is 3.59. The van der Waals surface area contributed by atoms with Gasteiger partial charge >= 0.3 is 0 Å². The number of nitrogens with one attached hydrogen (secondary N) is 1. The maximum Gasteiger partial charge on any atom is 0.216 e. The van der Waals surface area contributed by atoms with Crippen molar-refractivity contribution in [2.24, 2.45) is 5.10 Å². The summed E-state index contributed by atoms with van der Waals surface area (Å²) in [6.45, 7) is 0. The number of benzene rings is 2. The van der Waals surface area contributed by atoms with Crippen LogP contribution in [-0.4, -0.2) is 21.1 Å². The van der Waals surface area contributed by atoms with Crippen LogP contribution < -0.4 is 0 Å². The van der Waals surface area contributed by atoms with Gasteiger partial charge in [-0.05, 0) is 58.0 Å². The molecule has 126 valence electrons. The first kappa shape index (κ1) is 18.1. The minimum Gasteiger partial charge on any atom is -0.250 e. The summed E-state index contributed by atoms with van der Waals surface area (Å²) in [6, 6.07) is 15.1. The average molecular weight is 454 g/mol. The number of allylic oxidation sites excluding steroid dienone is 1. The lowest BCUT2D eigenvalue weighted by Crippen LogP contribution is -1.95. The number of halogens is 3. The molecule has 3 aromatic rings. The summed E-state index contributed by atoms with van der Waals surface area (Å²) in [4.78, 5) is 0. The van der Waals surface area contributed by atoms with Gasteiger partial charge in [-0.15, -0.1) is 0 Å². The van der Waals surface area contributed by atoms with Crippen LogP contribution in [0.4, 0.5) is 0 Å². The maximum absolute atomic E-state index is 6.26. The van der Waals surface area contributed by atoms with Crippen molar-refractivity contribution in [1.29, 1.82) is 0 Å². The highest BCUT2D eigenvalue weighted by Gasteiger charge is 2.12. The Bertz CT molecular complexity index is 1010. The van der Waals surface area contributed by atoms with Crippen molar-refractivity contribution in [3.8, 4) is 11.4 Å². The molecule has 4 nitrogen and oxygen atoms in total. The van der Waals surface area contributed by atoms with E-state index in [9.17, 15) is 0 Å². The predicted octanol–water partition coefficient (Wildman–Crippen LogP) is 6.18. The van der Waals surface area contributed by atoms with Crippen molar-refractivity contribution in [2.45, 2.75) is 0 Å². The highest BCUT2D eigenvalue weighted by molar-refractivity contribution is 9.12. The molecule has 3 rings (SSSR count). The van der Waals surface area contributed by atoms with Gasteiger partial charge in [0.25, 0.3) is 0 Å². The van der Waals surface area contributed by atoms with Crippen LogP contribution in [0.2, 0.25) is 10.0 Å². The Hall–Kier alpha value is -1.73. The molecule has 0 saturated carbocycles. The third kappa shape index (κ3) is 4.46. The molecule has 2 aromatic carbocycles. The molecule has 1 aromatic heterocycles. The fourth-order valence-electron chi connectivity index (χ4n) is 2.10. The highest BCUT2D eigenvalue weighted by Crippen LogP contribution is 2.29. The Labute approximate surface area is 167 Å². The van der Waals surface area contributed by atoms with Crippen molar-refractivity contribution in [1.82, 2.24) is 14.9 Å². The number of H-pyrrole nitrogens is 1. The van der Waals surface area contributed by atoms with Crippen molar-refractivity contribution < 1.29 is 0 Å². The van der Waals surface area contributed by atoms with E-state index in [0.29, 0.717) is 26.2 Å². The molecule has 0 aliphatic carbocycles. The Morgan fingerprint density at radius 3 is 2.68 bits per heavy atom. The minimum atomic E-state index is 0.359. The zero-order valence-electron chi connectivity index (χ0n) is 12.7. The third-order valence-corrected chi connectivity index (χ3v) is 4.47. The lowest BCUT2D eigenvalue weighted by atomic mass is 10.2. The Morgan fingerprint density at radius 1 is 1.20 bits per heavy atom. The first-order chi connectivity index (χ1) is 12.0.